The monoisotopic (exact) mass is 377 g/mol. The molecule has 0 unspecified atom stereocenters. The van der Waals surface area contributed by atoms with E-state index in [-0.39, 0.29) is 29.7 Å². The molecule has 2 fully saturated rings. The molecule has 1 saturated heterocycles. The number of carbonyl (C=O) groups is 2. The number of amides is 2. The van der Waals surface area contributed by atoms with Crippen LogP contribution in [0.5, 0.6) is 0 Å². The summed E-state index contributed by atoms with van der Waals surface area (Å²) in [6.07, 6.45) is 0.801. The molecule has 2 aromatic rings. The molecule has 2 aliphatic rings. The number of likely N-dealkylation sites (tertiary alicyclic amines) is 1. The molecule has 5 nitrogen and oxygen atoms in total. The first kappa shape index (κ1) is 18.7. The maximum atomic E-state index is 12.8. The van der Waals surface area contributed by atoms with Crippen molar-refractivity contribution in [3.8, 4) is 11.1 Å². The van der Waals surface area contributed by atoms with Gasteiger partial charge in [-0.1, -0.05) is 62.4 Å². The molecule has 5 heteroatoms. The molecule has 4 rings (SSSR count). The van der Waals surface area contributed by atoms with Gasteiger partial charge in [-0.25, -0.2) is 0 Å². The summed E-state index contributed by atoms with van der Waals surface area (Å²) < 4.78 is 0. The number of para-hydroxylation sites is 1. The lowest BCUT2D eigenvalue weighted by Crippen LogP contribution is -2.59. The number of nitrogens with one attached hydrogen (secondary N) is 1. The summed E-state index contributed by atoms with van der Waals surface area (Å²) in [4.78, 5) is 26.9. The van der Waals surface area contributed by atoms with E-state index in [1.165, 1.54) is 0 Å². The molecular weight excluding hydrogens is 350 g/mol. The second kappa shape index (κ2) is 6.74. The predicted octanol–water partition coefficient (Wildman–Crippen LogP) is 3.13. The molecule has 2 amide bonds. The van der Waals surface area contributed by atoms with E-state index >= 15 is 0 Å². The van der Waals surface area contributed by atoms with Crippen molar-refractivity contribution in [1.82, 2.24) is 4.90 Å². The molecule has 0 aromatic heterocycles. The van der Waals surface area contributed by atoms with Crippen LogP contribution in [0.1, 0.15) is 20.3 Å². The van der Waals surface area contributed by atoms with E-state index in [9.17, 15) is 9.59 Å². The van der Waals surface area contributed by atoms with Crippen molar-refractivity contribution in [2.24, 2.45) is 22.5 Å². The number of carbonyl (C=O) groups excluding carboxylic acids is 2. The quantitative estimate of drug-likeness (QED) is 0.841. The van der Waals surface area contributed by atoms with Crippen LogP contribution in [0.25, 0.3) is 11.1 Å². The largest absolute Gasteiger partial charge is 0.369 e. The summed E-state index contributed by atoms with van der Waals surface area (Å²) in [5.41, 5.74) is 8.21. The first-order valence-corrected chi connectivity index (χ1v) is 9.78. The Bertz CT molecular complexity index is 909. The van der Waals surface area contributed by atoms with Gasteiger partial charge in [0.05, 0.1) is 12.0 Å². The molecular formula is C23H27N3O2. The van der Waals surface area contributed by atoms with Crippen LogP contribution in [-0.2, 0) is 9.59 Å². The number of hydrogen-bond acceptors (Lipinski definition) is 3. The third kappa shape index (κ3) is 3.10. The summed E-state index contributed by atoms with van der Waals surface area (Å²) in [5, 5.41) is 3.05. The minimum absolute atomic E-state index is 0.0675. The molecule has 28 heavy (non-hydrogen) atoms. The zero-order valence-electron chi connectivity index (χ0n) is 16.4. The fourth-order valence-electron chi connectivity index (χ4n) is 5.30. The van der Waals surface area contributed by atoms with Crippen molar-refractivity contribution < 1.29 is 9.59 Å². The van der Waals surface area contributed by atoms with Crippen molar-refractivity contribution in [3.63, 3.8) is 0 Å². The van der Waals surface area contributed by atoms with Crippen LogP contribution < -0.4 is 11.1 Å². The lowest BCUT2D eigenvalue weighted by atomic mass is 9.48. The smallest absolute Gasteiger partial charge is 0.238 e. The lowest BCUT2D eigenvalue weighted by Gasteiger charge is -2.54. The topological polar surface area (TPSA) is 75.4 Å². The Morgan fingerprint density at radius 2 is 1.79 bits per heavy atom. The molecule has 1 saturated carbocycles. The molecule has 2 atom stereocenters. The van der Waals surface area contributed by atoms with E-state index in [2.05, 4.69) is 24.1 Å². The minimum Gasteiger partial charge on any atom is -0.369 e. The van der Waals surface area contributed by atoms with Gasteiger partial charge >= 0.3 is 0 Å². The highest BCUT2D eigenvalue weighted by atomic mass is 16.2. The van der Waals surface area contributed by atoms with Gasteiger partial charge in [-0.3, -0.25) is 14.5 Å². The number of benzene rings is 2. The van der Waals surface area contributed by atoms with E-state index in [0.29, 0.717) is 6.54 Å². The van der Waals surface area contributed by atoms with Crippen molar-refractivity contribution in [2.75, 3.05) is 25.0 Å². The number of nitrogens with zero attached hydrogens (tertiary/aromatic N) is 1. The van der Waals surface area contributed by atoms with E-state index in [1.807, 2.05) is 54.6 Å². The van der Waals surface area contributed by atoms with Crippen molar-refractivity contribution in [2.45, 2.75) is 20.3 Å². The van der Waals surface area contributed by atoms with Crippen LogP contribution in [0.2, 0.25) is 0 Å². The summed E-state index contributed by atoms with van der Waals surface area (Å²) in [6, 6.07) is 17.8. The third-order valence-corrected chi connectivity index (χ3v) is 6.47. The molecule has 146 valence electrons. The second-order valence-electron chi connectivity index (χ2n) is 8.87. The predicted molar refractivity (Wildman–Crippen MR) is 110 cm³/mol. The summed E-state index contributed by atoms with van der Waals surface area (Å²) >= 11 is 0. The van der Waals surface area contributed by atoms with E-state index in [4.69, 9.17) is 5.73 Å². The Balaban J connectivity index is 1.46. The SMILES string of the molecule is CC1(C)C[C@]2(C(N)=O)CN(CC(=O)Nc3ccccc3-c3ccccc3)C[C@H]12. The molecule has 0 bridgehead atoms. The summed E-state index contributed by atoms with van der Waals surface area (Å²) in [6.45, 7) is 5.94. The van der Waals surface area contributed by atoms with Crippen LogP contribution >= 0.6 is 0 Å². The maximum absolute atomic E-state index is 12.8. The zero-order chi connectivity index (χ0) is 19.9. The van der Waals surface area contributed by atoms with Crippen molar-refractivity contribution in [1.29, 1.82) is 0 Å². The number of rotatable bonds is 5. The highest BCUT2D eigenvalue weighted by molar-refractivity contribution is 5.96. The van der Waals surface area contributed by atoms with E-state index < -0.39 is 5.41 Å². The van der Waals surface area contributed by atoms with Crippen molar-refractivity contribution >= 4 is 17.5 Å². The molecule has 2 aromatic carbocycles. The Hall–Kier alpha value is -2.66. The second-order valence-corrected chi connectivity index (χ2v) is 8.87. The Morgan fingerprint density at radius 3 is 2.43 bits per heavy atom. The maximum Gasteiger partial charge on any atom is 0.238 e. The van der Waals surface area contributed by atoms with Gasteiger partial charge in [0.1, 0.15) is 0 Å². The zero-order valence-corrected chi connectivity index (χ0v) is 16.4. The third-order valence-electron chi connectivity index (χ3n) is 6.47. The first-order chi connectivity index (χ1) is 13.3. The molecule has 1 aliphatic carbocycles. The van der Waals surface area contributed by atoms with Gasteiger partial charge in [-0.05, 0) is 29.4 Å². The van der Waals surface area contributed by atoms with Gasteiger partial charge in [0.2, 0.25) is 11.8 Å². The van der Waals surface area contributed by atoms with Crippen LogP contribution in [-0.4, -0.2) is 36.3 Å². The minimum atomic E-state index is -0.467. The summed E-state index contributed by atoms with van der Waals surface area (Å²) in [5.74, 6) is -0.0711. The highest BCUT2D eigenvalue weighted by Crippen LogP contribution is 2.62. The number of hydrogen-bond donors (Lipinski definition) is 2. The van der Waals surface area contributed by atoms with E-state index in [1.54, 1.807) is 0 Å². The first-order valence-electron chi connectivity index (χ1n) is 9.78. The standard InChI is InChI=1S/C23H27N3O2/c1-22(2)14-23(21(24)28)15-26(12-19(22)23)13-20(27)25-18-11-7-6-10-17(18)16-8-4-3-5-9-16/h3-11,19H,12-15H2,1-2H3,(H2,24,28)(H,25,27)/t19-,23+/m1/s1. The lowest BCUT2D eigenvalue weighted by molar-refractivity contribution is -0.148. The molecule has 1 aliphatic heterocycles. The van der Waals surface area contributed by atoms with Gasteiger partial charge in [0.15, 0.2) is 0 Å². The molecule has 3 N–H and O–H groups in total. The normalized spacial score (nSPS) is 25.6. The van der Waals surface area contributed by atoms with Gasteiger partial charge in [-0.15, -0.1) is 0 Å². The molecule has 0 radical (unpaired) electrons. The van der Waals surface area contributed by atoms with Crippen LogP contribution in [0.15, 0.2) is 54.6 Å². The van der Waals surface area contributed by atoms with E-state index in [0.717, 1.165) is 29.8 Å². The number of anilines is 1. The van der Waals surface area contributed by atoms with Crippen LogP contribution in [0.4, 0.5) is 5.69 Å². The average molecular weight is 377 g/mol. The van der Waals surface area contributed by atoms with Crippen molar-refractivity contribution in [3.05, 3.63) is 54.6 Å². The molecule has 0 spiro atoms. The number of fused-ring (bicyclic) bond motifs is 1. The average Bonchev–Trinajstić information content (AvgIpc) is 2.98. The van der Waals surface area contributed by atoms with Gasteiger partial charge in [0, 0.05) is 24.3 Å². The number of primary amides is 1. The van der Waals surface area contributed by atoms with Crippen LogP contribution in [0.3, 0.4) is 0 Å². The fraction of sp³-hybridized carbons (Fsp3) is 0.391. The summed E-state index contributed by atoms with van der Waals surface area (Å²) in [7, 11) is 0. The van der Waals surface area contributed by atoms with Gasteiger partial charge < -0.3 is 11.1 Å². The fourth-order valence-corrected chi connectivity index (χ4v) is 5.30. The Morgan fingerprint density at radius 1 is 1.11 bits per heavy atom. The number of nitrogens with two attached hydrogens (primary N) is 1. The molecule has 1 heterocycles. The highest BCUT2D eigenvalue weighted by Gasteiger charge is 2.65. The van der Waals surface area contributed by atoms with Gasteiger partial charge in [-0.2, -0.15) is 0 Å². The van der Waals surface area contributed by atoms with Crippen LogP contribution in [0, 0.1) is 16.7 Å². The van der Waals surface area contributed by atoms with Gasteiger partial charge in [0.25, 0.3) is 0 Å². The Labute approximate surface area is 165 Å². The Kier molecular flexibility index (Phi) is 4.50.